The monoisotopic (exact) mass is 420 g/mol. The Kier molecular flexibility index (Phi) is 5.33. The molecule has 1 aliphatic rings. The molecule has 7 heteroatoms. The molecule has 2 heterocycles. The first-order chi connectivity index (χ1) is 14.9. The third-order valence-electron chi connectivity index (χ3n) is 5.29. The van der Waals surface area contributed by atoms with E-state index in [1.807, 2.05) is 43.3 Å². The van der Waals surface area contributed by atoms with Crippen LogP contribution in [0.2, 0.25) is 0 Å². The minimum atomic E-state index is -0.814. The highest BCUT2D eigenvalue weighted by Crippen LogP contribution is 2.40. The maximum atomic E-state index is 13.3. The summed E-state index contributed by atoms with van der Waals surface area (Å²) in [6, 6.07) is 15.1. The first-order valence-corrected chi connectivity index (χ1v) is 9.71. The molecule has 31 heavy (non-hydrogen) atoms. The zero-order chi connectivity index (χ0) is 22.1. The van der Waals surface area contributed by atoms with Gasteiger partial charge in [0.1, 0.15) is 17.3 Å². The Hall–Kier alpha value is -3.87. The normalized spacial score (nSPS) is 17.9. The number of furan rings is 1. The predicted molar refractivity (Wildman–Crippen MR) is 114 cm³/mol. The van der Waals surface area contributed by atoms with Crippen LogP contribution in [-0.4, -0.2) is 35.8 Å². The van der Waals surface area contributed by atoms with E-state index in [0.29, 0.717) is 11.3 Å². The number of aliphatic hydroxyl groups excluding tert-OH is 1. The number of amides is 1. The van der Waals surface area contributed by atoms with E-state index in [-0.39, 0.29) is 23.4 Å². The van der Waals surface area contributed by atoms with Crippen LogP contribution in [0, 0.1) is 5.82 Å². The molecular formula is C24H21FN2O4. The zero-order valence-electron chi connectivity index (χ0n) is 17.1. The van der Waals surface area contributed by atoms with Gasteiger partial charge in [-0.25, -0.2) is 4.39 Å². The summed E-state index contributed by atoms with van der Waals surface area (Å²) in [5.74, 6) is -1.83. The number of nitrogens with zero attached hydrogens (tertiary/aromatic N) is 2. The third kappa shape index (κ3) is 3.82. The number of Topliss-reactive ketones (excluding diaryl/α,β-unsaturated/α-hetero) is 1. The van der Waals surface area contributed by atoms with E-state index in [9.17, 15) is 19.1 Å². The number of halogens is 1. The average molecular weight is 420 g/mol. The van der Waals surface area contributed by atoms with Gasteiger partial charge < -0.3 is 19.3 Å². The summed E-state index contributed by atoms with van der Waals surface area (Å²) >= 11 is 0. The van der Waals surface area contributed by atoms with Gasteiger partial charge in [0.25, 0.3) is 11.7 Å². The number of hydrogen-bond acceptors (Lipinski definition) is 5. The molecule has 4 rings (SSSR count). The van der Waals surface area contributed by atoms with Gasteiger partial charge in [-0.3, -0.25) is 9.59 Å². The minimum absolute atomic E-state index is 0.0410. The van der Waals surface area contributed by atoms with E-state index in [4.69, 9.17) is 4.42 Å². The Morgan fingerprint density at radius 3 is 2.32 bits per heavy atom. The van der Waals surface area contributed by atoms with Gasteiger partial charge in [0.05, 0.1) is 24.4 Å². The lowest BCUT2D eigenvalue weighted by Gasteiger charge is -2.25. The minimum Gasteiger partial charge on any atom is -0.507 e. The van der Waals surface area contributed by atoms with Crippen molar-refractivity contribution in [2.45, 2.75) is 12.6 Å². The fourth-order valence-corrected chi connectivity index (χ4v) is 3.68. The molecule has 0 aliphatic carbocycles. The molecule has 1 N–H and O–H groups in total. The number of rotatable bonds is 5. The van der Waals surface area contributed by atoms with Crippen molar-refractivity contribution in [2.24, 2.45) is 0 Å². The van der Waals surface area contributed by atoms with Crippen molar-refractivity contribution >= 4 is 23.1 Å². The van der Waals surface area contributed by atoms with Crippen LogP contribution in [0.3, 0.4) is 0 Å². The van der Waals surface area contributed by atoms with Gasteiger partial charge in [-0.1, -0.05) is 12.1 Å². The van der Waals surface area contributed by atoms with Gasteiger partial charge in [-0.2, -0.15) is 0 Å². The van der Waals surface area contributed by atoms with E-state index in [0.717, 1.165) is 5.69 Å². The second kappa shape index (κ2) is 8.10. The van der Waals surface area contributed by atoms with E-state index in [1.165, 1.54) is 35.4 Å². The van der Waals surface area contributed by atoms with Crippen LogP contribution in [0.1, 0.15) is 22.9 Å². The summed E-state index contributed by atoms with van der Waals surface area (Å²) in [5.41, 5.74) is 1.83. The van der Waals surface area contributed by atoms with Crippen LogP contribution >= 0.6 is 0 Å². The van der Waals surface area contributed by atoms with Gasteiger partial charge in [0, 0.05) is 25.3 Å². The maximum absolute atomic E-state index is 13.3. The highest BCUT2D eigenvalue weighted by molar-refractivity contribution is 6.46. The number of benzene rings is 2. The summed E-state index contributed by atoms with van der Waals surface area (Å²) in [5, 5.41) is 10.9. The van der Waals surface area contributed by atoms with Gasteiger partial charge in [0.2, 0.25) is 0 Å². The Balaban J connectivity index is 1.84. The average Bonchev–Trinajstić information content (AvgIpc) is 3.36. The molecule has 1 saturated heterocycles. The highest BCUT2D eigenvalue weighted by Gasteiger charge is 2.46. The van der Waals surface area contributed by atoms with Crippen LogP contribution in [0.5, 0.6) is 0 Å². The smallest absolute Gasteiger partial charge is 0.296 e. The molecule has 1 unspecified atom stereocenters. The second-order valence-corrected chi connectivity index (χ2v) is 7.50. The van der Waals surface area contributed by atoms with Gasteiger partial charge in [-0.15, -0.1) is 0 Å². The lowest BCUT2D eigenvalue weighted by molar-refractivity contribution is -0.140. The molecule has 158 valence electrons. The van der Waals surface area contributed by atoms with E-state index >= 15 is 0 Å². The number of aliphatic hydroxyl groups is 1. The SMILES string of the molecule is CN(C)c1ccc(C2/C(=C(\O)c3ccc(F)cc3)C(=O)C(=O)N2Cc2ccco2)cc1. The maximum Gasteiger partial charge on any atom is 0.296 e. The molecule has 1 atom stereocenters. The van der Waals surface area contributed by atoms with Crippen molar-refractivity contribution in [3.05, 3.63) is 95.2 Å². The van der Waals surface area contributed by atoms with E-state index in [2.05, 4.69) is 0 Å². The number of carbonyl (C=O) groups excluding carboxylic acids is 2. The van der Waals surface area contributed by atoms with Gasteiger partial charge in [0.15, 0.2) is 0 Å². The van der Waals surface area contributed by atoms with Crippen LogP contribution in [0.25, 0.3) is 5.76 Å². The lowest BCUT2D eigenvalue weighted by Crippen LogP contribution is -2.29. The summed E-state index contributed by atoms with van der Waals surface area (Å²) in [6.07, 6.45) is 1.49. The number of anilines is 1. The summed E-state index contributed by atoms with van der Waals surface area (Å²) in [6.45, 7) is 0.0673. The van der Waals surface area contributed by atoms with E-state index < -0.39 is 23.5 Å². The molecule has 0 bridgehead atoms. The first kappa shape index (κ1) is 20.4. The highest BCUT2D eigenvalue weighted by atomic mass is 19.1. The molecule has 1 amide bonds. The lowest BCUT2D eigenvalue weighted by atomic mass is 9.95. The van der Waals surface area contributed by atoms with Crippen molar-refractivity contribution in [1.29, 1.82) is 0 Å². The number of ketones is 1. The Morgan fingerprint density at radius 1 is 1.06 bits per heavy atom. The van der Waals surface area contributed by atoms with E-state index in [1.54, 1.807) is 12.1 Å². The molecule has 6 nitrogen and oxygen atoms in total. The Bertz CT molecular complexity index is 1130. The van der Waals surface area contributed by atoms with Crippen LogP contribution in [0.15, 0.2) is 76.9 Å². The molecule has 1 aromatic heterocycles. The molecule has 2 aromatic carbocycles. The predicted octanol–water partition coefficient (Wildman–Crippen LogP) is 4.11. The van der Waals surface area contributed by atoms with Crippen molar-refractivity contribution in [1.82, 2.24) is 4.90 Å². The second-order valence-electron chi connectivity index (χ2n) is 7.50. The van der Waals surface area contributed by atoms with Crippen molar-refractivity contribution in [2.75, 3.05) is 19.0 Å². The molecular weight excluding hydrogens is 399 g/mol. The van der Waals surface area contributed by atoms with Gasteiger partial charge in [-0.05, 0) is 54.1 Å². The van der Waals surface area contributed by atoms with Crippen molar-refractivity contribution in [3.63, 3.8) is 0 Å². The molecule has 3 aromatic rings. The van der Waals surface area contributed by atoms with Crippen LogP contribution < -0.4 is 4.90 Å². The first-order valence-electron chi connectivity index (χ1n) is 9.71. The molecule has 1 fully saturated rings. The molecule has 0 spiro atoms. The van der Waals surface area contributed by atoms with Crippen molar-refractivity contribution < 1.29 is 23.5 Å². The largest absolute Gasteiger partial charge is 0.507 e. The Morgan fingerprint density at radius 2 is 1.74 bits per heavy atom. The van der Waals surface area contributed by atoms with Gasteiger partial charge >= 0.3 is 0 Å². The molecule has 1 aliphatic heterocycles. The summed E-state index contributed by atoms with van der Waals surface area (Å²) < 4.78 is 18.7. The fourth-order valence-electron chi connectivity index (χ4n) is 3.68. The van der Waals surface area contributed by atoms with Crippen LogP contribution in [0.4, 0.5) is 10.1 Å². The fraction of sp³-hybridized carbons (Fsp3) is 0.167. The number of likely N-dealkylation sites (tertiary alicyclic amines) is 1. The third-order valence-corrected chi connectivity index (χ3v) is 5.29. The zero-order valence-corrected chi connectivity index (χ0v) is 17.1. The quantitative estimate of drug-likeness (QED) is 0.382. The summed E-state index contributed by atoms with van der Waals surface area (Å²) in [7, 11) is 3.82. The van der Waals surface area contributed by atoms with Crippen molar-refractivity contribution in [3.8, 4) is 0 Å². The number of carbonyl (C=O) groups is 2. The summed E-state index contributed by atoms with van der Waals surface area (Å²) in [4.78, 5) is 29.2. The molecule has 0 saturated carbocycles. The number of hydrogen-bond donors (Lipinski definition) is 1. The Labute approximate surface area is 178 Å². The standard InChI is InChI=1S/C24H21FN2O4/c1-26(2)18-11-7-15(8-12-18)21-20(22(28)16-5-9-17(25)10-6-16)23(29)24(30)27(21)14-19-4-3-13-31-19/h3-13,21,28H,14H2,1-2H3/b22-20+. The topological polar surface area (TPSA) is 74.0 Å². The molecule has 0 radical (unpaired) electrons. The van der Waals surface area contributed by atoms with Crippen LogP contribution in [-0.2, 0) is 16.1 Å².